The Kier molecular flexibility index (Phi) is 49.5. The largest absolute Gasteiger partial charge is 0.462 e. The highest BCUT2D eigenvalue weighted by atomic mass is 16.6. The van der Waals surface area contributed by atoms with Crippen molar-refractivity contribution in [3.05, 3.63) is 97.2 Å². The van der Waals surface area contributed by atoms with Crippen LogP contribution in [0.15, 0.2) is 97.2 Å². The van der Waals surface area contributed by atoms with Crippen LogP contribution in [0.25, 0.3) is 0 Å². The van der Waals surface area contributed by atoms with Gasteiger partial charge in [0, 0.05) is 19.4 Å². The zero-order valence-corrected chi connectivity index (χ0v) is 40.6. The SMILES string of the molecule is CC/C=C\C/C=C\C/C=C\C/C=C\C/C=C\C/C=C\CCC(=O)OCC(COCCCCCCCCCC)OC(=O)CCCCCCCCCCC/C=C\C/C=C\CCCCC. The molecule has 0 radical (unpaired) electrons. The van der Waals surface area contributed by atoms with E-state index in [1.54, 1.807) is 0 Å². The van der Waals surface area contributed by atoms with E-state index in [1.807, 2.05) is 6.08 Å². The lowest BCUT2D eigenvalue weighted by molar-refractivity contribution is -0.162. The summed E-state index contributed by atoms with van der Waals surface area (Å²) in [6.45, 7) is 7.59. The summed E-state index contributed by atoms with van der Waals surface area (Å²) < 4.78 is 17.3. The molecular weight excluding hydrogens is 765 g/mol. The van der Waals surface area contributed by atoms with Gasteiger partial charge in [-0.05, 0) is 89.9 Å². The van der Waals surface area contributed by atoms with E-state index in [-0.39, 0.29) is 25.2 Å². The van der Waals surface area contributed by atoms with Crippen molar-refractivity contribution in [1.82, 2.24) is 0 Å². The Morgan fingerprint density at radius 1 is 0.371 bits per heavy atom. The van der Waals surface area contributed by atoms with Crippen molar-refractivity contribution in [1.29, 1.82) is 0 Å². The molecule has 0 N–H and O–H groups in total. The number of carbonyl (C=O) groups is 2. The lowest BCUT2D eigenvalue weighted by atomic mass is 10.1. The van der Waals surface area contributed by atoms with E-state index < -0.39 is 6.10 Å². The molecule has 1 atom stereocenters. The van der Waals surface area contributed by atoms with Crippen LogP contribution in [0.4, 0.5) is 0 Å². The number of rotatable bonds is 46. The van der Waals surface area contributed by atoms with E-state index in [2.05, 4.69) is 112 Å². The predicted octanol–water partition coefficient (Wildman–Crippen LogP) is 17.5. The predicted molar refractivity (Wildman–Crippen MR) is 270 cm³/mol. The van der Waals surface area contributed by atoms with E-state index in [0.717, 1.165) is 77.0 Å². The number of carbonyl (C=O) groups excluding carboxylic acids is 2. The number of ether oxygens (including phenoxy) is 3. The number of esters is 2. The summed E-state index contributed by atoms with van der Waals surface area (Å²) in [5.41, 5.74) is 0. The van der Waals surface area contributed by atoms with Gasteiger partial charge in [-0.1, -0.05) is 221 Å². The third-order valence-electron chi connectivity index (χ3n) is 10.6. The smallest absolute Gasteiger partial charge is 0.306 e. The average molecular weight is 861 g/mol. The van der Waals surface area contributed by atoms with Crippen LogP contribution in [0.1, 0.15) is 226 Å². The molecule has 0 saturated carbocycles. The zero-order chi connectivity index (χ0) is 44.9. The van der Waals surface area contributed by atoms with Crippen LogP contribution in [0.2, 0.25) is 0 Å². The van der Waals surface area contributed by atoms with Crippen LogP contribution >= 0.6 is 0 Å². The summed E-state index contributed by atoms with van der Waals surface area (Å²) in [4.78, 5) is 25.3. The molecule has 0 aromatic carbocycles. The Labute approximate surface area is 383 Å². The molecule has 354 valence electrons. The summed E-state index contributed by atoms with van der Waals surface area (Å²) in [7, 11) is 0. The monoisotopic (exact) mass is 861 g/mol. The lowest BCUT2D eigenvalue weighted by Gasteiger charge is -2.18. The fourth-order valence-corrected chi connectivity index (χ4v) is 6.80. The van der Waals surface area contributed by atoms with Gasteiger partial charge in [-0.15, -0.1) is 0 Å². The summed E-state index contributed by atoms with van der Waals surface area (Å²) >= 11 is 0. The van der Waals surface area contributed by atoms with Gasteiger partial charge in [-0.25, -0.2) is 0 Å². The molecule has 0 amide bonds. The first-order chi connectivity index (χ1) is 30.6. The van der Waals surface area contributed by atoms with Gasteiger partial charge in [0.2, 0.25) is 0 Å². The summed E-state index contributed by atoms with van der Waals surface area (Å²) in [5.74, 6) is -0.501. The topological polar surface area (TPSA) is 61.8 Å². The van der Waals surface area contributed by atoms with Gasteiger partial charge < -0.3 is 14.2 Å². The quantitative estimate of drug-likeness (QED) is 0.0347. The number of hydrogen-bond acceptors (Lipinski definition) is 5. The van der Waals surface area contributed by atoms with Gasteiger partial charge in [0.05, 0.1) is 6.61 Å². The molecule has 0 aliphatic heterocycles. The van der Waals surface area contributed by atoms with Gasteiger partial charge in [-0.3, -0.25) is 9.59 Å². The third-order valence-corrected chi connectivity index (χ3v) is 10.6. The highest BCUT2D eigenvalue weighted by Gasteiger charge is 2.17. The van der Waals surface area contributed by atoms with Crippen LogP contribution in [0.5, 0.6) is 0 Å². The standard InChI is InChI=1S/C57H96O5/c1-4-7-10-13-16-19-21-23-25-27-29-31-33-35-37-39-41-44-47-50-56(58)61-54-55(53-60-52-49-46-43-18-15-12-9-6-3)62-57(59)51-48-45-42-40-38-36-34-32-30-28-26-24-22-20-17-14-11-8-5-2/h7,10,16-17,19-20,23-26,29,31,35,37,41,44,55H,4-6,8-9,11-15,18,21-22,27-28,30,32-34,36,38-40,42-43,45-54H2,1-3H3/b10-7-,19-16-,20-17-,25-23-,26-24-,31-29-,37-35-,44-41-. The number of allylic oxidation sites excluding steroid dienone is 16. The summed E-state index contributed by atoms with van der Waals surface area (Å²) in [5, 5.41) is 0. The van der Waals surface area contributed by atoms with E-state index in [9.17, 15) is 9.59 Å². The van der Waals surface area contributed by atoms with Crippen LogP contribution in [0.3, 0.4) is 0 Å². The van der Waals surface area contributed by atoms with Crippen LogP contribution < -0.4 is 0 Å². The highest BCUT2D eigenvalue weighted by molar-refractivity contribution is 5.70. The fourth-order valence-electron chi connectivity index (χ4n) is 6.80. The van der Waals surface area contributed by atoms with Crippen LogP contribution in [0, 0.1) is 0 Å². The van der Waals surface area contributed by atoms with Gasteiger partial charge in [0.1, 0.15) is 6.61 Å². The molecule has 62 heavy (non-hydrogen) atoms. The second kappa shape index (κ2) is 52.2. The maximum atomic E-state index is 12.8. The lowest BCUT2D eigenvalue weighted by Crippen LogP contribution is -2.30. The molecule has 0 fully saturated rings. The van der Waals surface area contributed by atoms with E-state index in [1.165, 1.54) is 109 Å². The van der Waals surface area contributed by atoms with E-state index in [0.29, 0.717) is 25.9 Å². The first kappa shape index (κ1) is 58.8. The minimum Gasteiger partial charge on any atom is -0.462 e. The van der Waals surface area contributed by atoms with Crippen molar-refractivity contribution in [2.24, 2.45) is 0 Å². The van der Waals surface area contributed by atoms with Gasteiger partial charge in [0.15, 0.2) is 6.10 Å². The molecule has 0 rings (SSSR count). The molecule has 1 unspecified atom stereocenters. The van der Waals surface area contributed by atoms with Gasteiger partial charge in [0.25, 0.3) is 0 Å². The van der Waals surface area contributed by atoms with Crippen molar-refractivity contribution in [2.75, 3.05) is 19.8 Å². The second-order valence-electron chi connectivity index (χ2n) is 16.7. The second-order valence-corrected chi connectivity index (χ2v) is 16.7. The molecule has 0 aromatic heterocycles. The molecule has 0 heterocycles. The van der Waals surface area contributed by atoms with E-state index >= 15 is 0 Å². The normalized spacial score (nSPS) is 13.0. The number of hydrogen-bond donors (Lipinski definition) is 0. The molecule has 0 aromatic rings. The first-order valence-corrected chi connectivity index (χ1v) is 25.8. The molecule has 5 nitrogen and oxygen atoms in total. The fraction of sp³-hybridized carbons (Fsp3) is 0.684. The van der Waals surface area contributed by atoms with E-state index in [4.69, 9.17) is 14.2 Å². The molecule has 0 saturated heterocycles. The Morgan fingerprint density at radius 3 is 1.26 bits per heavy atom. The van der Waals surface area contributed by atoms with Crippen molar-refractivity contribution in [2.45, 2.75) is 232 Å². The molecule has 0 bridgehead atoms. The molecule has 0 spiro atoms. The maximum Gasteiger partial charge on any atom is 0.306 e. The minimum atomic E-state index is -0.570. The van der Waals surface area contributed by atoms with Crippen molar-refractivity contribution in [3.8, 4) is 0 Å². The third kappa shape index (κ3) is 49.5. The average Bonchev–Trinajstić information content (AvgIpc) is 3.27. The Morgan fingerprint density at radius 2 is 0.758 bits per heavy atom. The molecule has 0 aliphatic carbocycles. The van der Waals surface area contributed by atoms with Gasteiger partial charge >= 0.3 is 11.9 Å². The summed E-state index contributed by atoms with van der Waals surface area (Å²) in [6.07, 6.45) is 70.0. The summed E-state index contributed by atoms with van der Waals surface area (Å²) in [6, 6.07) is 0. The first-order valence-electron chi connectivity index (χ1n) is 25.8. The van der Waals surface area contributed by atoms with Crippen molar-refractivity contribution < 1.29 is 23.8 Å². The molecular formula is C57H96O5. The number of unbranched alkanes of at least 4 members (excludes halogenated alkanes) is 19. The maximum absolute atomic E-state index is 12.8. The van der Waals surface area contributed by atoms with Crippen molar-refractivity contribution >= 4 is 11.9 Å². The van der Waals surface area contributed by atoms with Crippen molar-refractivity contribution in [3.63, 3.8) is 0 Å². The molecule has 0 aliphatic rings. The Hall–Kier alpha value is -3.18. The minimum absolute atomic E-state index is 0.0403. The van der Waals surface area contributed by atoms with Crippen LogP contribution in [-0.4, -0.2) is 37.9 Å². The zero-order valence-electron chi connectivity index (χ0n) is 40.6. The van der Waals surface area contributed by atoms with Crippen LogP contribution in [-0.2, 0) is 23.8 Å². The van der Waals surface area contributed by atoms with Gasteiger partial charge in [-0.2, -0.15) is 0 Å². The highest BCUT2D eigenvalue weighted by Crippen LogP contribution is 2.13. The Balaban J connectivity index is 4.28. The Bertz CT molecular complexity index is 1200. The molecule has 5 heteroatoms.